The summed E-state index contributed by atoms with van der Waals surface area (Å²) in [5.74, 6) is 0.830. The fourth-order valence-corrected chi connectivity index (χ4v) is 2.42. The van der Waals surface area contributed by atoms with E-state index in [1.807, 2.05) is 24.3 Å². The summed E-state index contributed by atoms with van der Waals surface area (Å²) in [5, 5.41) is 4.67. The molecule has 2 aromatic carbocycles. The standard InChI is InChI=1S/C17H14ClNO3/c1-10(20)15-8-11-4-3-5-14(17(11)22-15)19-12-6-7-13(18)16(9-12)21-2/h3-9,19H,1-2H3. The molecule has 0 bridgehead atoms. The van der Waals surface area contributed by atoms with Gasteiger partial charge in [0.05, 0.1) is 17.8 Å². The van der Waals surface area contributed by atoms with E-state index in [0.717, 1.165) is 16.8 Å². The molecule has 0 saturated heterocycles. The fourth-order valence-electron chi connectivity index (χ4n) is 2.23. The number of furan rings is 1. The lowest BCUT2D eigenvalue weighted by molar-refractivity contribution is 0.0989. The highest BCUT2D eigenvalue weighted by Gasteiger charge is 2.11. The van der Waals surface area contributed by atoms with Gasteiger partial charge < -0.3 is 14.5 Å². The minimum atomic E-state index is -0.102. The highest BCUT2D eigenvalue weighted by molar-refractivity contribution is 6.32. The van der Waals surface area contributed by atoms with Crippen molar-refractivity contribution in [1.29, 1.82) is 0 Å². The summed E-state index contributed by atoms with van der Waals surface area (Å²) in [6.45, 7) is 1.48. The number of para-hydroxylation sites is 1. The molecule has 0 aliphatic carbocycles. The summed E-state index contributed by atoms with van der Waals surface area (Å²) in [7, 11) is 1.57. The molecule has 0 aliphatic heterocycles. The average Bonchev–Trinajstić information content (AvgIpc) is 2.94. The van der Waals surface area contributed by atoms with Crippen LogP contribution in [0, 0.1) is 0 Å². The molecule has 5 heteroatoms. The number of carbonyl (C=O) groups is 1. The van der Waals surface area contributed by atoms with E-state index in [9.17, 15) is 4.79 Å². The molecular formula is C17H14ClNO3. The Bertz CT molecular complexity index is 854. The molecule has 4 nitrogen and oxygen atoms in total. The van der Waals surface area contributed by atoms with Crippen LogP contribution in [0.15, 0.2) is 46.9 Å². The molecule has 1 aromatic heterocycles. The maximum atomic E-state index is 11.5. The highest BCUT2D eigenvalue weighted by Crippen LogP contribution is 2.32. The first-order chi connectivity index (χ1) is 10.6. The van der Waals surface area contributed by atoms with Crippen molar-refractivity contribution in [1.82, 2.24) is 0 Å². The lowest BCUT2D eigenvalue weighted by Crippen LogP contribution is -1.92. The average molecular weight is 316 g/mol. The maximum absolute atomic E-state index is 11.5. The van der Waals surface area contributed by atoms with E-state index < -0.39 is 0 Å². The number of carbonyl (C=O) groups excluding carboxylic acids is 1. The molecule has 3 aromatic rings. The van der Waals surface area contributed by atoms with Crippen molar-refractivity contribution in [2.24, 2.45) is 0 Å². The molecule has 1 heterocycles. The van der Waals surface area contributed by atoms with Crippen LogP contribution in [0.25, 0.3) is 11.0 Å². The quantitative estimate of drug-likeness (QED) is 0.685. The van der Waals surface area contributed by atoms with Crippen molar-refractivity contribution in [2.75, 3.05) is 12.4 Å². The molecule has 0 aliphatic rings. The Hall–Kier alpha value is -2.46. The van der Waals surface area contributed by atoms with Gasteiger partial charge in [-0.2, -0.15) is 0 Å². The first kappa shape index (κ1) is 14.5. The van der Waals surface area contributed by atoms with Gasteiger partial charge in [-0.05, 0) is 24.3 Å². The third kappa shape index (κ3) is 2.65. The highest BCUT2D eigenvalue weighted by atomic mass is 35.5. The second-order valence-corrected chi connectivity index (χ2v) is 5.27. The van der Waals surface area contributed by atoms with E-state index in [1.165, 1.54) is 6.92 Å². The Kier molecular flexibility index (Phi) is 3.77. The minimum absolute atomic E-state index is 0.102. The zero-order valence-electron chi connectivity index (χ0n) is 12.1. The molecule has 0 saturated carbocycles. The van der Waals surface area contributed by atoms with E-state index >= 15 is 0 Å². The molecule has 1 N–H and O–H groups in total. The molecule has 112 valence electrons. The summed E-state index contributed by atoms with van der Waals surface area (Å²) in [6.07, 6.45) is 0. The summed E-state index contributed by atoms with van der Waals surface area (Å²) in [6, 6.07) is 12.8. The van der Waals surface area contributed by atoms with Gasteiger partial charge in [-0.1, -0.05) is 23.7 Å². The maximum Gasteiger partial charge on any atom is 0.194 e. The monoisotopic (exact) mass is 315 g/mol. The molecule has 3 rings (SSSR count). The van der Waals surface area contributed by atoms with Gasteiger partial charge in [0.1, 0.15) is 5.75 Å². The summed E-state index contributed by atoms with van der Waals surface area (Å²) in [4.78, 5) is 11.5. The second kappa shape index (κ2) is 5.73. The number of methoxy groups -OCH3 is 1. The predicted octanol–water partition coefficient (Wildman–Crippen LogP) is 5.04. The number of ketones is 1. The Labute approximate surface area is 132 Å². The van der Waals surface area contributed by atoms with Gasteiger partial charge in [-0.15, -0.1) is 0 Å². The zero-order valence-corrected chi connectivity index (χ0v) is 12.9. The molecular weight excluding hydrogens is 302 g/mol. The van der Waals surface area contributed by atoms with Crippen molar-refractivity contribution in [3.8, 4) is 5.75 Å². The molecule has 22 heavy (non-hydrogen) atoms. The van der Waals surface area contributed by atoms with Crippen molar-refractivity contribution in [3.05, 3.63) is 53.2 Å². The number of benzene rings is 2. The van der Waals surface area contributed by atoms with Crippen molar-refractivity contribution in [2.45, 2.75) is 6.92 Å². The van der Waals surface area contributed by atoms with E-state index in [0.29, 0.717) is 22.1 Å². The first-order valence-electron chi connectivity index (χ1n) is 6.72. The Morgan fingerprint density at radius 3 is 2.77 bits per heavy atom. The van der Waals surface area contributed by atoms with Crippen molar-refractivity contribution in [3.63, 3.8) is 0 Å². The molecule has 0 spiro atoms. The van der Waals surface area contributed by atoms with Gasteiger partial charge >= 0.3 is 0 Å². The number of rotatable bonds is 4. The third-order valence-electron chi connectivity index (χ3n) is 3.32. The van der Waals surface area contributed by atoms with Gasteiger partial charge in [0, 0.05) is 24.1 Å². The summed E-state index contributed by atoms with van der Waals surface area (Å²) < 4.78 is 10.9. The molecule has 0 atom stereocenters. The Morgan fingerprint density at radius 2 is 2.05 bits per heavy atom. The van der Waals surface area contributed by atoms with Crippen LogP contribution in [0.5, 0.6) is 5.75 Å². The molecule has 0 amide bonds. The Balaban J connectivity index is 2.01. The van der Waals surface area contributed by atoms with Crippen LogP contribution in [0.2, 0.25) is 5.02 Å². The van der Waals surface area contributed by atoms with Gasteiger partial charge in [0.2, 0.25) is 0 Å². The minimum Gasteiger partial charge on any atom is -0.495 e. The van der Waals surface area contributed by atoms with Crippen LogP contribution in [0.1, 0.15) is 17.5 Å². The number of anilines is 2. The molecule has 0 unspecified atom stereocenters. The SMILES string of the molecule is COc1cc(Nc2cccc3cc(C(C)=O)oc23)ccc1Cl. The predicted molar refractivity (Wildman–Crippen MR) is 87.5 cm³/mol. The molecule has 0 fully saturated rings. The van der Waals surface area contributed by atoms with Gasteiger partial charge in [0.25, 0.3) is 0 Å². The number of ether oxygens (including phenoxy) is 1. The number of hydrogen-bond acceptors (Lipinski definition) is 4. The van der Waals surface area contributed by atoms with Crippen LogP contribution in [0.3, 0.4) is 0 Å². The normalized spacial score (nSPS) is 10.7. The van der Waals surface area contributed by atoms with Gasteiger partial charge in [0.15, 0.2) is 17.1 Å². The largest absolute Gasteiger partial charge is 0.495 e. The van der Waals surface area contributed by atoms with Gasteiger partial charge in [-0.3, -0.25) is 4.79 Å². The fraction of sp³-hybridized carbons (Fsp3) is 0.118. The number of Topliss-reactive ketones (excluding diaryl/α,β-unsaturated/α-hetero) is 1. The molecule has 0 radical (unpaired) electrons. The van der Waals surface area contributed by atoms with E-state index in [1.54, 1.807) is 25.3 Å². The second-order valence-electron chi connectivity index (χ2n) is 4.87. The summed E-state index contributed by atoms with van der Waals surface area (Å²) >= 11 is 6.02. The Morgan fingerprint density at radius 1 is 1.23 bits per heavy atom. The van der Waals surface area contributed by atoms with Crippen LogP contribution >= 0.6 is 11.6 Å². The van der Waals surface area contributed by atoms with Crippen molar-refractivity contribution >= 4 is 39.7 Å². The third-order valence-corrected chi connectivity index (χ3v) is 3.63. The van der Waals surface area contributed by atoms with E-state index in [-0.39, 0.29) is 5.78 Å². The lowest BCUT2D eigenvalue weighted by atomic mass is 10.2. The lowest BCUT2D eigenvalue weighted by Gasteiger charge is -2.09. The van der Waals surface area contributed by atoms with Crippen LogP contribution < -0.4 is 10.1 Å². The van der Waals surface area contributed by atoms with Crippen molar-refractivity contribution < 1.29 is 13.9 Å². The first-order valence-corrected chi connectivity index (χ1v) is 7.10. The van der Waals surface area contributed by atoms with Gasteiger partial charge in [-0.25, -0.2) is 0 Å². The number of halogens is 1. The summed E-state index contributed by atoms with van der Waals surface area (Å²) in [5.41, 5.74) is 2.23. The number of nitrogens with one attached hydrogen (secondary N) is 1. The van der Waals surface area contributed by atoms with Crippen LogP contribution in [0.4, 0.5) is 11.4 Å². The van der Waals surface area contributed by atoms with E-state index in [2.05, 4.69) is 5.32 Å². The smallest absolute Gasteiger partial charge is 0.194 e. The van der Waals surface area contributed by atoms with Crippen LogP contribution in [-0.4, -0.2) is 12.9 Å². The number of fused-ring (bicyclic) bond motifs is 1. The van der Waals surface area contributed by atoms with Crippen LogP contribution in [-0.2, 0) is 0 Å². The topological polar surface area (TPSA) is 51.5 Å². The zero-order chi connectivity index (χ0) is 15.7. The van der Waals surface area contributed by atoms with E-state index in [4.69, 9.17) is 20.8 Å². The number of hydrogen-bond donors (Lipinski definition) is 1.